The minimum atomic E-state index is -1.31. The molecule has 0 unspecified atom stereocenters. The smallest absolute Gasteiger partial charge is 0.341 e. The van der Waals surface area contributed by atoms with Crippen LogP contribution in [0.3, 0.4) is 0 Å². The summed E-state index contributed by atoms with van der Waals surface area (Å²) in [5.41, 5.74) is 1.00. The van der Waals surface area contributed by atoms with Gasteiger partial charge in [-0.2, -0.15) is 0 Å². The number of aromatic carboxylic acids is 1. The summed E-state index contributed by atoms with van der Waals surface area (Å²) in [6, 6.07) is 10.2. The molecule has 6 nitrogen and oxygen atoms in total. The highest BCUT2D eigenvalue weighted by Gasteiger charge is 2.21. The fourth-order valence-corrected chi connectivity index (χ4v) is 3.56. The molecule has 0 saturated carbocycles. The van der Waals surface area contributed by atoms with Crippen molar-refractivity contribution in [3.8, 4) is 5.75 Å². The Bertz CT molecular complexity index is 1150. The molecule has 0 atom stereocenters. The van der Waals surface area contributed by atoms with E-state index >= 15 is 0 Å². The number of ether oxygens (including phenoxy) is 1. The lowest BCUT2D eigenvalue weighted by Crippen LogP contribution is -2.22. The van der Waals surface area contributed by atoms with Gasteiger partial charge >= 0.3 is 5.97 Å². The molecule has 0 saturated heterocycles. The van der Waals surface area contributed by atoms with Crippen LogP contribution in [-0.4, -0.2) is 30.2 Å². The van der Waals surface area contributed by atoms with Crippen LogP contribution in [0.4, 0.5) is 10.1 Å². The van der Waals surface area contributed by atoms with E-state index in [-0.39, 0.29) is 16.9 Å². The van der Waals surface area contributed by atoms with Crippen LogP contribution >= 0.6 is 0 Å². The number of anilines is 1. The number of aromatic amines is 1. The van der Waals surface area contributed by atoms with Crippen molar-refractivity contribution in [2.75, 3.05) is 19.1 Å². The van der Waals surface area contributed by atoms with E-state index in [4.69, 9.17) is 4.74 Å². The Labute approximate surface area is 173 Å². The largest absolute Gasteiger partial charge is 0.497 e. The van der Waals surface area contributed by atoms with Gasteiger partial charge < -0.3 is 19.7 Å². The molecule has 7 heteroatoms. The fraction of sp³-hybridized carbons (Fsp3) is 0.304. The standard InChI is InChI=1S/C23H25FN2O4/c1-13(2)8-19-21(23(28)29)22(27)16-10-17(24)20(11-18(16)25-19)26(3)12-14-6-5-7-15(9-14)30-4/h5-7,9-11,13H,8,12H2,1-4H3,(H,25,27)(H,28,29). The zero-order valence-electron chi connectivity index (χ0n) is 17.5. The minimum Gasteiger partial charge on any atom is -0.497 e. The summed E-state index contributed by atoms with van der Waals surface area (Å²) in [6.07, 6.45) is 0.402. The van der Waals surface area contributed by atoms with E-state index in [0.29, 0.717) is 35.6 Å². The number of carbonyl (C=O) groups is 1. The second kappa shape index (κ2) is 8.57. The third kappa shape index (κ3) is 4.30. The molecule has 2 N–H and O–H groups in total. The average Bonchev–Trinajstić information content (AvgIpc) is 2.67. The molecule has 3 aromatic rings. The Morgan fingerprint density at radius 1 is 1.27 bits per heavy atom. The van der Waals surface area contributed by atoms with E-state index in [0.717, 1.165) is 11.6 Å². The monoisotopic (exact) mass is 412 g/mol. The van der Waals surface area contributed by atoms with Crippen LogP contribution in [0.2, 0.25) is 0 Å². The molecule has 0 aliphatic carbocycles. The van der Waals surface area contributed by atoms with Crippen LogP contribution in [0, 0.1) is 11.7 Å². The minimum absolute atomic E-state index is 0.0240. The SMILES string of the molecule is COc1cccc(CN(C)c2cc3[nH]c(CC(C)C)c(C(=O)O)c(=O)c3cc2F)c1. The Balaban J connectivity index is 2.08. The van der Waals surface area contributed by atoms with Gasteiger partial charge in [0.2, 0.25) is 5.43 Å². The van der Waals surface area contributed by atoms with Crippen molar-refractivity contribution in [1.82, 2.24) is 4.98 Å². The van der Waals surface area contributed by atoms with Crippen molar-refractivity contribution in [2.24, 2.45) is 5.92 Å². The number of benzene rings is 2. The summed E-state index contributed by atoms with van der Waals surface area (Å²) in [4.78, 5) is 29.2. The number of rotatable bonds is 7. The molecule has 1 aromatic heterocycles. The predicted octanol–water partition coefficient (Wildman–Crippen LogP) is 4.21. The summed E-state index contributed by atoms with van der Waals surface area (Å²) in [7, 11) is 3.34. The topological polar surface area (TPSA) is 82.6 Å². The Morgan fingerprint density at radius 3 is 2.63 bits per heavy atom. The highest BCUT2D eigenvalue weighted by Crippen LogP contribution is 2.26. The second-order valence-corrected chi connectivity index (χ2v) is 7.77. The van der Waals surface area contributed by atoms with Crippen LogP contribution in [0.15, 0.2) is 41.2 Å². The van der Waals surface area contributed by atoms with Gasteiger partial charge in [-0.15, -0.1) is 0 Å². The molecule has 2 aromatic carbocycles. The van der Waals surface area contributed by atoms with Crippen molar-refractivity contribution in [2.45, 2.75) is 26.8 Å². The van der Waals surface area contributed by atoms with Crippen molar-refractivity contribution in [3.05, 3.63) is 69.3 Å². The van der Waals surface area contributed by atoms with Gasteiger partial charge in [0.15, 0.2) is 0 Å². The lowest BCUT2D eigenvalue weighted by atomic mass is 10.0. The van der Waals surface area contributed by atoms with Gasteiger partial charge in [-0.25, -0.2) is 9.18 Å². The number of pyridine rings is 1. The molecule has 30 heavy (non-hydrogen) atoms. The normalized spacial score (nSPS) is 11.1. The molecular formula is C23H25FN2O4. The van der Waals surface area contributed by atoms with E-state index in [1.54, 1.807) is 25.1 Å². The van der Waals surface area contributed by atoms with Crippen molar-refractivity contribution < 1.29 is 19.0 Å². The number of methoxy groups -OCH3 is 1. The lowest BCUT2D eigenvalue weighted by Gasteiger charge is -2.21. The number of nitrogens with one attached hydrogen (secondary N) is 1. The van der Waals surface area contributed by atoms with Crippen molar-refractivity contribution in [1.29, 1.82) is 0 Å². The maximum Gasteiger partial charge on any atom is 0.341 e. The van der Waals surface area contributed by atoms with E-state index in [2.05, 4.69) is 4.98 Å². The molecule has 0 radical (unpaired) electrons. The maximum absolute atomic E-state index is 14.9. The number of aromatic nitrogens is 1. The first-order chi connectivity index (χ1) is 14.2. The summed E-state index contributed by atoms with van der Waals surface area (Å²) < 4.78 is 20.1. The molecular weight excluding hydrogens is 387 g/mol. The number of hydrogen-bond acceptors (Lipinski definition) is 4. The third-order valence-corrected chi connectivity index (χ3v) is 4.94. The first-order valence-corrected chi connectivity index (χ1v) is 9.67. The average molecular weight is 412 g/mol. The summed E-state index contributed by atoms with van der Waals surface area (Å²) in [5.74, 6) is -1.05. The van der Waals surface area contributed by atoms with Crippen molar-refractivity contribution in [3.63, 3.8) is 0 Å². The molecule has 3 rings (SSSR count). The van der Waals surface area contributed by atoms with Crippen LogP contribution in [0.25, 0.3) is 10.9 Å². The highest BCUT2D eigenvalue weighted by molar-refractivity contribution is 5.94. The van der Waals surface area contributed by atoms with Crippen molar-refractivity contribution >= 4 is 22.6 Å². The number of nitrogens with zero attached hydrogens (tertiary/aromatic N) is 1. The predicted molar refractivity (Wildman–Crippen MR) is 115 cm³/mol. The fourth-order valence-electron chi connectivity index (χ4n) is 3.56. The van der Waals surface area contributed by atoms with Crippen LogP contribution in [0.5, 0.6) is 5.75 Å². The number of fused-ring (bicyclic) bond motifs is 1. The Kier molecular flexibility index (Phi) is 6.10. The number of halogens is 1. The number of carboxylic acid groups (broad SMARTS) is 1. The maximum atomic E-state index is 14.9. The second-order valence-electron chi connectivity index (χ2n) is 7.77. The first-order valence-electron chi connectivity index (χ1n) is 9.67. The molecule has 0 aliphatic heterocycles. The summed E-state index contributed by atoms with van der Waals surface area (Å²) in [5, 5.41) is 9.53. The lowest BCUT2D eigenvalue weighted by molar-refractivity contribution is 0.0694. The van der Waals surface area contributed by atoms with Crippen LogP contribution < -0.4 is 15.1 Å². The Hall–Kier alpha value is -3.35. The van der Waals surface area contributed by atoms with E-state index < -0.39 is 17.2 Å². The quantitative estimate of drug-likeness (QED) is 0.608. The molecule has 0 aliphatic rings. The molecule has 158 valence electrons. The zero-order valence-corrected chi connectivity index (χ0v) is 17.5. The molecule has 1 heterocycles. The molecule has 0 spiro atoms. The van der Waals surface area contributed by atoms with E-state index in [1.807, 2.05) is 38.1 Å². The molecule has 0 fully saturated rings. The van der Waals surface area contributed by atoms with E-state index in [1.165, 1.54) is 0 Å². The zero-order chi connectivity index (χ0) is 22.0. The summed E-state index contributed by atoms with van der Waals surface area (Å²) >= 11 is 0. The summed E-state index contributed by atoms with van der Waals surface area (Å²) in [6.45, 7) is 4.30. The van der Waals surface area contributed by atoms with Gasteiger partial charge in [0.1, 0.15) is 17.1 Å². The molecule has 0 bridgehead atoms. The molecule has 0 amide bonds. The number of H-pyrrole nitrogens is 1. The van der Waals surface area contributed by atoms with Crippen LogP contribution in [-0.2, 0) is 13.0 Å². The number of carboxylic acids is 1. The Morgan fingerprint density at radius 2 is 2.00 bits per heavy atom. The van der Waals surface area contributed by atoms with Gasteiger partial charge in [0, 0.05) is 24.7 Å². The van der Waals surface area contributed by atoms with Gasteiger partial charge in [0.25, 0.3) is 0 Å². The van der Waals surface area contributed by atoms with Crippen LogP contribution in [0.1, 0.15) is 35.5 Å². The highest BCUT2D eigenvalue weighted by atomic mass is 19.1. The van der Waals surface area contributed by atoms with Gasteiger partial charge in [-0.3, -0.25) is 4.79 Å². The first kappa shape index (κ1) is 21.4. The van der Waals surface area contributed by atoms with E-state index in [9.17, 15) is 19.1 Å². The number of hydrogen-bond donors (Lipinski definition) is 2. The van der Waals surface area contributed by atoms with Gasteiger partial charge in [-0.05, 0) is 42.2 Å². The van der Waals surface area contributed by atoms with Gasteiger partial charge in [-0.1, -0.05) is 26.0 Å². The third-order valence-electron chi connectivity index (χ3n) is 4.94. The van der Waals surface area contributed by atoms with Gasteiger partial charge in [0.05, 0.1) is 18.3 Å².